The zero-order chi connectivity index (χ0) is 14.8. The van der Waals surface area contributed by atoms with Crippen molar-refractivity contribution in [3.05, 3.63) is 18.2 Å². The van der Waals surface area contributed by atoms with Gasteiger partial charge in [0, 0.05) is 24.5 Å². The van der Waals surface area contributed by atoms with Gasteiger partial charge in [-0.3, -0.25) is 0 Å². The van der Waals surface area contributed by atoms with Gasteiger partial charge >= 0.3 is 7.12 Å². The Morgan fingerprint density at radius 3 is 2.15 bits per heavy atom. The summed E-state index contributed by atoms with van der Waals surface area (Å²) in [6.45, 7) is 11.4. The van der Waals surface area contributed by atoms with Crippen molar-refractivity contribution in [3.8, 4) is 0 Å². The molecule has 5 nitrogen and oxygen atoms in total. The smallest absolute Gasteiger partial charge is 0.399 e. The van der Waals surface area contributed by atoms with E-state index in [-0.39, 0.29) is 11.2 Å². The molecule has 2 rings (SSSR count). The van der Waals surface area contributed by atoms with E-state index >= 15 is 0 Å². The van der Waals surface area contributed by atoms with Crippen LogP contribution in [-0.2, 0) is 20.7 Å². The fourth-order valence-electron chi connectivity index (χ4n) is 1.85. The molecular weight excluding hydrogens is 255 g/mol. The lowest BCUT2D eigenvalue weighted by atomic mass is 9.81. The first-order valence-corrected chi connectivity index (χ1v) is 7.10. The number of aromatic nitrogens is 2. The standard InChI is InChI=1S/C14H23BN2O3/c1-6-7-18-10-12-16-8-11(9-17-12)15-19-13(2,3)14(4,5)20-15/h8-9H,6-7,10H2,1-5H3. The maximum absolute atomic E-state index is 5.96. The van der Waals surface area contributed by atoms with Gasteiger partial charge in [-0.15, -0.1) is 0 Å². The highest BCUT2D eigenvalue weighted by atomic mass is 16.7. The van der Waals surface area contributed by atoms with Crippen molar-refractivity contribution in [1.29, 1.82) is 0 Å². The highest BCUT2D eigenvalue weighted by Crippen LogP contribution is 2.36. The predicted octanol–water partition coefficient (Wildman–Crippen LogP) is 1.70. The van der Waals surface area contributed by atoms with Crippen LogP contribution in [0.15, 0.2) is 12.4 Å². The molecule has 0 aromatic carbocycles. The molecule has 1 saturated heterocycles. The topological polar surface area (TPSA) is 53.5 Å². The second kappa shape index (κ2) is 5.80. The first-order chi connectivity index (χ1) is 9.36. The third kappa shape index (κ3) is 3.19. The van der Waals surface area contributed by atoms with Gasteiger partial charge in [0.1, 0.15) is 6.61 Å². The molecule has 20 heavy (non-hydrogen) atoms. The van der Waals surface area contributed by atoms with Crippen LogP contribution in [0.2, 0.25) is 0 Å². The summed E-state index contributed by atoms with van der Waals surface area (Å²) < 4.78 is 17.3. The van der Waals surface area contributed by atoms with Gasteiger partial charge in [0.25, 0.3) is 0 Å². The molecule has 1 aromatic rings. The second-order valence-corrected chi connectivity index (χ2v) is 6.07. The molecule has 0 aliphatic carbocycles. The van der Waals surface area contributed by atoms with Crippen LogP contribution in [0.25, 0.3) is 0 Å². The van der Waals surface area contributed by atoms with Gasteiger partial charge in [-0.2, -0.15) is 0 Å². The van der Waals surface area contributed by atoms with Crippen molar-refractivity contribution >= 4 is 12.6 Å². The van der Waals surface area contributed by atoms with Crippen LogP contribution in [0.5, 0.6) is 0 Å². The normalized spacial score (nSPS) is 20.4. The average Bonchev–Trinajstić information content (AvgIpc) is 2.60. The Morgan fingerprint density at radius 2 is 1.65 bits per heavy atom. The van der Waals surface area contributed by atoms with Crippen molar-refractivity contribution < 1.29 is 14.0 Å². The van der Waals surface area contributed by atoms with E-state index in [0.29, 0.717) is 12.4 Å². The van der Waals surface area contributed by atoms with Crippen molar-refractivity contribution in [2.45, 2.75) is 58.8 Å². The number of nitrogens with zero attached hydrogens (tertiary/aromatic N) is 2. The van der Waals surface area contributed by atoms with Crippen LogP contribution in [0.3, 0.4) is 0 Å². The van der Waals surface area contributed by atoms with Crippen molar-refractivity contribution in [2.75, 3.05) is 6.61 Å². The minimum atomic E-state index is -0.411. The van der Waals surface area contributed by atoms with Gasteiger partial charge < -0.3 is 14.0 Å². The molecule has 110 valence electrons. The van der Waals surface area contributed by atoms with Crippen molar-refractivity contribution in [2.24, 2.45) is 0 Å². The number of rotatable bonds is 5. The average molecular weight is 278 g/mol. The minimum Gasteiger partial charge on any atom is -0.399 e. The molecule has 2 heterocycles. The Morgan fingerprint density at radius 1 is 1.10 bits per heavy atom. The molecule has 1 aliphatic heterocycles. The van der Waals surface area contributed by atoms with Crippen LogP contribution in [0.1, 0.15) is 46.9 Å². The molecule has 0 N–H and O–H groups in total. The Balaban J connectivity index is 2.01. The molecule has 0 unspecified atom stereocenters. The van der Waals surface area contributed by atoms with Gasteiger partial charge in [-0.05, 0) is 34.1 Å². The molecule has 0 radical (unpaired) electrons. The van der Waals surface area contributed by atoms with Gasteiger partial charge in [-0.1, -0.05) is 6.92 Å². The Labute approximate surface area is 121 Å². The molecule has 1 aromatic heterocycles. The first-order valence-electron chi connectivity index (χ1n) is 7.10. The number of hydrogen-bond acceptors (Lipinski definition) is 5. The van der Waals surface area contributed by atoms with Gasteiger partial charge in [0.2, 0.25) is 0 Å². The van der Waals surface area contributed by atoms with Gasteiger partial charge in [0.15, 0.2) is 5.82 Å². The lowest BCUT2D eigenvalue weighted by molar-refractivity contribution is 0.00578. The SMILES string of the molecule is CCCOCc1ncc(B2OC(C)(C)C(C)(C)O2)cn1. The number of hydrogen-bond donors (Lipinski definition) is 0. The molecule has 0 bridgehead atoms. The monoisotopic (exact) mass is 278 g/mol. The first kappa shape index (κ1) is 15.4. The van der Waals surface area contributed by atoms with E-state index in [4.69, 9.17) is 14.0 Å². The summed E-state index contributed by atoms with van der Waals surface area (Å²) in [5.74, 6) is 0.679. The van der Waals surface area contributed by atoms with Crippen molar-refractivity contribution in [1.82, 2.24) is 9.97 Å². The Hall–Kier alpha value is -0.975. The van der Waals surface area contributed by atoms with E-state index in [1.807, 2.05) is 27.7 Å². The fourth-order valence-corrected chi connectivity index (χ4v) is 1.85. The molecule has 0 saturated carbocycles. The van der Waals surface area contributed by atoms with E-state index in [1.165, 1.54) is 0 Å². The molecule has 0 spiro atoms. The predicted molar refractivity (Wildman–Crippen MR) is 77.7 cm³/mol. The summed E-state index contributed by atoms with van der Waals surface area (Å²) in [6, 6.07) is 0. The van der Waals surface area contributed by atoms with Crippen LogP contribution >= 0.6 is 0 Å². The number of ether oxygens (including phenoxy) is 1. The summed E-state index contributed by atoms with van der Waals surface area (Å²) in [4.78, 5) is 8.59. The molecular formula is C14H23BN2O3. The highest BCUT2D eigenvalue weighted by molar-refractivity contribution is 6.61. The molecule has 0 amide bonds. The summed E-state index contributed by atoms with van der Waals surface area (Å²) in [7, 11) is -0.411. The van der Waals surface area contributed by atoms with E-state index in [9.17, 15) is 0 Å². The van der Waals surface area contributed by atoms with E-state index in [1.54, 1.807) is 12.4 Å². The summed E-state index contributed by atoms with van der Waals surface area (Å²) >= 11 is 0. The summed E-state index contributed by atoms with van der Waals surface area (Å²) in [6.07, 6.45) is 4.49. The largest absolute Gasteiger partial charge is 0.498 e. The van der Waals surface area contributed by atoms with Crippen molar-refractivity contribution in [3.63, 3.8) is 0 Å². The van der Waals surface area contributed by atoms with E-state index in [2.05, 4.69) is 16.9 Å². The molecule has 0 atom stereocenters. The maximum Gasteiger partial charge on any atom is 0.498 e. The summed E-state index contributed by atoms with van der Waals surface area (Å²) in [5.41, 5.74) is 0.143. The zero-order valence-electron chi connectivity index (χ0n) is 13.0. The Bertz CT molecular complexity index is 432. The minimum absolute atomic E-state index is 0.347. The third-order valence-corrected chi connectivity index (χ3v) is 3.83. The van der Waals surface area contributed by atoms with Gasteiger partial charge in [0.05, 0.1) is 11.2 Å². The molecule has 1 fully saturated rings. The third-order valence-electron chi connectivity index (χ3n) is 3.83. The lowest BCUT2D eigenvalue weighted by Crippen LogP contribution is -2.41. The fraction of sp³-hybridized carbons (Fsp3) is 0.714. The van der Waals surface area contributed by atoms with Crippen LogP contribution in [0, 0.1) is 0 Å². The lowest BCUT2D eigenvalue weighted by Gasteiger charge is -2.32. The zero-order valence-corrected chi connectivity index (χ0v) is 13.0. The maximum atomic E-state index is 5.96. The van der Waals surface area contributed by atoms with Crippen LogP contribution in [-0.4, -0.2) is 34.9 Å². The van der Waals surface area contributed by atoms with Gasteiger partial charge in [-0.25, -0.2) is 9.97 Å². The second-order valence-electron chi connectivity index (χ2n) is 6.07. The quantitative estimate of drug-likeness (QED) is 0.606. The highest BCUT2D eigenvalue weighted by Gasteiger charge is 2.51. The molecule has 1 aliphatic rings. The van der Waals surface area contributed by atoms with E-state index in [0.717, 1.165) is 18.5 Å². The Kier molecular flexibility index (Phi) is 4.47. The van der Waals surface area contributed by atoms with E-state index < -0.39 is 7.12 Å². The molecule has 6 heteroatoms. The summed E-state index contributed by atoms with van der Waals surface area (Å²) in [5, 5.41) is 0. The van der Waals surface area contributed by atoms with Crippen LogP contribution in [0.4, 0.5) is 0 Å². The van der Waals surface area contributed by atoms with Crippen LogP contribution < -0.4 is 5.46 Å².